The molecule has 1 fully saturated rings. The van der Waals surface area contributed by atoms with Gasteiger partial charge < -0.3 is 15.5 Å². The van der Waals surface area contributed by atoms with Crippen molar-refractivity contribution >= 4 is 40.9 Å². The Morgan fingerprint density at radius 2 is 2.24 bits per heavy atom. The summed E-state index contributed by atoms with van der Waals surface area (Å²) in [4.78, 5) is 12.3. The zero-order chi connectivity index (χ0) is 14.3. The van der Waals surface area contributed by atoms with E-state index in [4.69, 9.17) is 21.8 Å². The van der Waals surface area contributed by atoms with Gasteiger partial charge in [0.25, 0.3) is 5.91 Å². The van der Waals surface area contributed by atoms with Crippen molar-refractivity contribution in [3.63, 3.8) is 0 Å². The number of hydrogen-bond acceptors (Lipinski definition) is 3. The molecule has 21 heavy (non-hydrogen) atoms. The fourth-order valence-electron chi connectivity index (χ4n) is 2.51. The molecule has 0 aliphatic heterocycles. The van der Waals surface area contributed by atoms with Gasteiger partial charge in [-0.3, -0.25) is 4.79 Å². The molecule has 6 heteroatoms. The molecule has 3 rings (SSSR count). The summed E-state index contributed by atoms with van der Waals surface area (Å²) in [7, 11) is 0. The van der Waals surface area contributed by atoms with Crippen molar-refractivity contribution in [2.45, 2.75) is 25.8 Å². The Balaban J connectivity index is 0.00000161. The van der Waals surface area contributed by atoms with E-state index in [0.29, 0.717) is 28.8 Å². The minimum Gasteiger partial charge on any atom is -0.451 e. The Labute approximate surface area is 134 Å². The molecule has 1 saturated carbocycles. The average molecular weight is 329 g/mol. The zero-order valence-corrected chi connectivity index (χ0v) is 13.3. The Bertz CT molecular complexity index is 665. The number of hydrogen-bond donors (Lipinski definition) is 2. The van der Waals surface area contributed by atoms with Gasteiger partial charge in [-0.05, 0) is 43.9 Å². The van der Waals surface area contributed by atoms with Crippen molar-refractivity contribution in [3.05, 3.63) is 34.5 Å². The summed E-state index contributed by atoms with van der Waals surface area (Å²) in [6.07, 6.45) is 2.27. The van der Waals surface area contributed by atoms with Crippen LogP contribution in [-0.2, 0) is 0 Å². The lowest BCUT2D eigenvalue weighted by Gasteiger charge is -2.15. The fraction of sp³-hybridized carbons (Fsp3) is 0.400. The topological polar surface area (TPSA) is 68.3 Å². The molecular weight excluding hydrogens is 311 g/mol. The molecule has 1 aromatic carbocycles. The summed E-state index contributed by atoms with van der Waals surface area (Å²) < 4.78 is 5.65. The molecule has 1 unspecified atom stereocenters. The number of carbonyl (C=O) groups excluding carboxylic acids is 1. The summed E-state index contributed by atoms with van der Waals surface area (Å²) in [6.45, 7) is 2.33. The smallest absolute Gasteiger partial charge is 0.287 e. The van der Waals surface area contributed by atoms with E-state index in [2.05, 4.69) is 5.32 Å². The van der Waals surface area contributed by atoms with E-state index in [1.54, 1.807) is 12.1 Å². The number of amides is 1. The van der Waals surface area contributed by atoms with Crippen molar-refractivity contribution in [2.24, 2.45) is 11.7 Å². The standard InChI is InChI=1S/C15H17ClN2O2.ClH/c1-8-11-6-10(16)4-5-13(11)20-14(8)15(19)18-12(7-17)9-2-3-9;/h4-6,9,12H,2-3,7,17H2,1H3,(H,18,19);1H. The Morgan fingerprint density at radius 3 is 2.86 bits per heavy atom. The van der Waals surface area contributed by atoms with Crippen LogP contribution in [0.4, 0.5) is 0 Å². The van der Waals surface area contributed by atoms with Crippen LogP contribution < -0.4 is 11.1 Å². The highest BCUT2D eigenvalue weighted by Gasteiger charge is 2.32. The van der Waals surface area contributed by atoms with Crippen LogP contribution in [0.5, 0.6) is 0 Å². The highest BCUT2D eigenvalue weighted by Crippen LogP contribution is 2.33. The second-order valence-electron chi connectivity index (χ2n) is 5.35. The van der Waals surface area contributed by atoms with Crippen LogP contribution in [0.1, 0.15) is 29.0 Å². The van der Waals surface area contributed by atoms with E-state index in [-0.39, 0.29) is 24.4 Å². The molecule has 0 bridgehead atoms. The predicted octanol–water partition coefficient (Wildman–Crippen LogP) is 3.28. The maximum absolute atomic E-state index is 12.3. The van der Waals surface area contributed by atoms with Crippen molar-refractivity contribution < 1.29 is 9.21 Å². The van der Waals surface area contributed by atoms with E-state index in [0.717, 1.165) is 23.8 Å². The van der Waals surface area contributed by atoms with Gasteiger partial charge in [-0.15, -0.1) is 12.4 Å². The summed E-state index contributed by atoms with van der Waals surface area (Å²) in [6, 6.07) is 5.39. The highest BCUT2D eigenvalue weighted by atomic mass is 35.5. The molecule has 3 N–H and O–H groups in total. The van der Waals surface area contributed by atoms with Crippen molar-refractivity contribution in [1.82, 2.24) is 5.32 Å². The molecule has 1 heterocycles. The molecule has 4 nitrogen and oxygen atoms in total. The summed E-state index contributed by atoms with van der Waals surface area (Å²) in [5, 5.41) is 4.47. The van der Waals surface area contributed by atoms with Crippen molar-refractivity contribution in [1.29, 1.82) is 0 Å². The molecule has 0 spiro atoms. The number of furan rings is 1. The van der Waals surface area contributed by atoms with Gasteiger partial charge in [0.05, 0.1) is 0 Å². The number of halogens is 2. The van der Waals surface area contributed by atoms with Crippen LogP contribution in [-0.4, -0.2) is 18.5 Å². The van der Waals surface area contributed by atoms with E-state index < -0.39 is 0 Å². The van der Waals surface area contributed by atoms with Gasteiger partial charge >= 0.3 is 0 Å². The Kier molecular flexibility index (Phi) is 4.81. The third kappa shape index (κ3) is 3.18. The number of rotatable bonds is 4. The lowest BCUT2D eigenvalue weighted by atomic mass is 10.1. The zero-order valence-electron chi connectivity index (χ0n) is 11.7. The summed E-state index contributed by atoms with van der Waals surface area (Å²) in [5.41, 5.74) is 7.20. The molecule has 0 radical (unpaired) electrons. The van der Waals surface area contributed by atoms with Gasteiger partial charge in [0.15, 0.2) is 5.76 Å². The first-order chi connectivity index (χ1) is 9.60. The summed E-state index contributed by atoms with van der Waals surface area (Å²) in [5.74, 6) is 0.668. The molecule has 0 saturated heterocycles. The van der Waals surface area contributed by atoms with Crippen LogP contribution in [0, 0.1) is 12.8 Å². The Morgan fingerprint density at radius 1 is 1.52 bits per heavy atom. The average Bonchev–Trinajstić information content (AvgIpc) is 3.22. The second-order valence-corrected chi connectivity index (χ2v) is 5.79. The quantitative estimate of drug-likeness (QED) is 0.904. The largest absolute Gasteiger partial charge is 0.451 e. The minimum atomic E-state index is -0.197. The molecular formula is C15H18Cl2N2O2. The SMILES string of the molecule is Cc1c(C(=O)NC(CN)C2CC2)oc2ccc(Cl)cc12.Cl. The van der Waals surface area contributed by atoms with Crippen LogP contribution in [0.25, 0.3) is 11.0 Å². The number of carbonyl (C=O) groups is 1. The van der Waals surface area contributed by atoms with Gasteiger partial charge in [-0.1, -0.05) is 11.6 Å². The van der Waals surface area contributed by atoms with E-state index in [9.17, 15) is 4.79 Å². The van der Waals surface area contributed by atoms with Gasteiger partial charge in [-0.25, -0.2) is 0 Å². The molecule has 1 atom stereocenters. The Hall–Kier alpha value is -1.23. The molecule has 2 aromatic rings. The number of aryl methyl sites for hydroxylation is 1. The van der Waals surface area contributed by atoms with E-state index in [1.807, 2.05) is 13.0 Å². The molecule has 1 aliphatic rings. The number of nitrogens with one attached hydrogen (secondary N) is 1. The van der Waals surface area contributed by atoms with Gasteiger partial charge in [-0.2, -0.15) is 0 Å². The number of nitrogens with two attached hydrogens (primary N) is 1. The highest BCUT2D eigenvalue weighted by molar-refractivity contribution is 6.31. The number of fused-ring (bicyclic) bond motifs is 1. The van der Waals surface area contributed by atoms with Crippen molar-refractivity contribution in [3.8, 4) is 0 Å². The number of benzene rings is 1. The van der Waals surface area contributed by atoms with Gasteiger partial charge in [0, 0.05) is 28.6 Å². The summed E-state index contributed by atoms with van der Waals surface area (Å²) >= 11 is 5.98. The van der Waals surface area contributed by atoms with E-state index in [1.165, 1.54) is 0 Å². The fourth-order valence-corrected chi connectivity index (χ4v) is 2.68. The maximum atomic E-state index is 12.3. The van der Waals surface area contributed by atoms with E-state index >= 15 is 0 Å². The first-order valence-electron chi connectivity index (χ1n) is 6.79. The van der Waals surface area contributed by atoms with Crippen LogP contribution in [0.3, 0.4) is 0 Å². The second kappa shape index (κ2) is 6.26. The third-order valence-electron chi connectivity index (χ3n) is 3.87. The van der Waals surface area contributed by atoms with Gasteiger partial charge in [0.1, 0.15) is 5.58 Å². The monoisotopic (exact) mass is 328 g/mol. The molecule has 1 aromatic heterocycles. The van der Waals surface area contributed by atoms with Crippen molar-refractivity contribution in [2.75, 3.05) is 6.54 Å². The normalized spacial score (nSPS) is 15.6. The first-order valence-corrected chi connectivity index (χ1v) is 7.17. The lowest BCUT2D eigenvalue weighted by Crippen LogP contribution is -2.41. The van der Waals surface area contributed by atoms with Crippen LogP contribution >= 0.6 is 24.0 Å². The lowest BCUT2D eigenvalue weighted by molar-refractivity contribution is 0.0906. The van der Waals surface area contributed by atoms with Crippen LogP contribution in [0.2, 0.25) is 5.02 Å². The minimum absolute atomic E-state index is 0. The van der Waals surface area contributed by atoms with Gasteiger partial charge in [0.2, 0.25) is 0 Å². The third-order valence-corrected chi connectivity index (χ3v) is 4.10. The van der Waals surface area contributed by atoms with Crippen LogP contribution in [0.15, 0.2) is 22.6 Å². The first kappa shape index (κ1) is 16.1. The molecule has 114 valence electrons. The molecule has 1 amide bonds. The molecule has 1 aliphatic carbocycles. The predicted molar refractivity (Wildman–Crippen MR) is 86.2 cm³/mol. The maximum Gasteiger partial charge on any atom is 0.287 e.